The van der Waals surface area contributed by atoms with E-state index in [9.17, 15) is 14.3 Å². The standard InChI is InChI=1S/C23H24Cl2FN3O2/c1-13-21(23(31)27-18-4-2-3-5-20(18)30)28-29(19-11-8-15(24)12-17(19)25)22(13)14-6-9-16(26)10-7-14/h6-13,18,20,22,30H,2-5H2,1H3,(H,27,31)/t13-,18-,20-,22+/m0/s1. The molecule has 0 radical (unpaired) electrons. The van der Waals surface area contributed by atoms with Crippen LogP contribution in [0.2, 0.25) is 10.0 Å². The Bertz CT molecular complexity index is 999. The molecule has 2 aliphatic rings. The zero-order valence-electron chi connectivity index (χ0n) is 17.1. The van der Waals surface area contributed by atoms with Gasteiger partial charge in [0.25, 0.3) is 5.91 Å². The van der Waals surface area contributed by atoms with E-state index in [0.29, 0.717) is 27.9 Å². The second kappa shape index (κ2) is 9.15. The number of rotatable bonds is 4. The SMILES string of the molecule is C[C@H]1C(C(=O)N[C@H]2CCCC[C@@H]2O)=NN(c2ccc(Cl)cc2Cl)[C@H]1c1ccc(F)cc1. The van der Waals surface area contributed by atoms with Crippen molar-refractivity contribution >= 4 is 40.5 Å². The lowest BCUT2D eigenvalue weighted by atomic mass is 9.89. The number of amides is 1. The van der Waals surface area contributed by atoms with E-state index in [1.54, 1.807) is 35.3 Å². The van der Waals surface area contributed by atoms with Gasteiger partial charge in [-0.15, -0.1) is 0 Å². The minimum Gasteiger partial charge on any atom is -0.391 e. The monoisotopic (exact) mass is 463 g/mol. The van der Waals surface area contributed by atoms with Crippen molar-refractivity contribution in [1.82, 2.24) is 5.32 Å². The zero-order chi connectivity index (χ0) is 22.1. The average Bonchev–Trinajstić information content (AvgIpc) is 3.07. The summed E-state index contributed by atoms with van der Waals surface area (Å²) in [5.74, 6) is -0.938. The molecule has 0 saturated heterocycles. The van der Waals surface area contributed by atoms with E-state index in [-0.39, 0.29) is 29.7 Å². The van der Waals surface area contributed by atoms with Crippen LogP contribution in [-0.2, 0) is 4.79 Å². The Balaban J connectivity index is 1.68. The predicted octanol–water partition coefficient (Wildman–Crippen LogP) is 5.11. The molecular formula is C23H24Cl2FN3O2. The van der Waals surface area contributed by atoms with Gasteiger partial charge in [-0.25, -0.2) is 4.39 Å². The van der Waals surface area contributed by atoms with E-state index >= 15 is 0 Å². The third-order valence-electron chi connectivity index (χ3n) is 6.03. The van der Waals surface area contributed by atoms with E-state index < -0.39 is 6.10 Å². The molecule has 0 aromatic heterocycles. The molecule has 31 heavy (non-hydrogen) atoms. The number of hydrogen-bond acceptors (Lipinski definition) is 4. The molecule has 1 fully saturated rings. The molecule has 0 bridgehead atoms. The highest BCUT2D eigenvalue weighted by atomic mass is 35.5. The summed E-state index contributed by atoms with van der Waals surface area (Å²) in [7, 11) is 0. The highest BCUT2D eigenvalue weighted by molar-refractivity contribution is 6.41. The first-order valence-corrected chi connectivity index (χ1v) is 11.2. The fraction of sp³-hybridized carbons (Fsp3) is 0.391. The van der Waals surface area contributed by atoms with E-state index in [2.05, 4.69) is 10.4 Å². The van der Waals surface area contributed by atoms with Gasteiger partial charge in [-0.1, -0.05) is 55.1 Å². The second-order valence-corrected chi connectivity index (χ2v) is 8.99. The van der Waals surface area contributed by atoms with Crippen LogP contribution in [0.25, 0.3) is 0 Å². The summed E-state index contributed by atoms with van der Waals surface area (Å²) in [4.78, 5) is 13.1. The van der Waals surface area contributed by atoms with E-state index in [0.717, 1.165) is 24.8 Å². The van der Waals surface area contributed by atoms with Crippen molar-refractivity contribution in [3.8, 4) is 0 Å². The van der Waals surface area contributed by atoms with Gasteiger partial charge in [0.2, 0.25) is 0 Å². The molecule has 1 aliphatic carbocycles. The van der Waals surface area contributed by atoms with Gasteiger partial charge in [0.1, 0.15) is 11.5 Å². The van der Waals surface area contributed by atoms with Gasteiger partial charge >= 0.3 is 0 Å². The molecule has 1 heterocycles. The minimum absolute atomic E-state index is 0.284. The minimum atomic E-state index is -0.551. The first-order valence-electron chi connectivity index (χ1n) is 10.4. The van der Waals surface area contributed by atoms with Crippen LogP contribution in [0, 0.1) is 11.7 Å². The number of hydrogen-bond donors (Lipinski definition) is 2. The molecule has 4 atom stereocenters. The third kappa shape index (κ3) is 4.56. The van der Waals surface area contributed by atoms with Crippen molar-refractivity contribution in [3.05, 3.63) is 63.9 Å². The molecule has 8 heteroatoms. The Morgan fingerprint density at radius 1 is 1.16 bits per heavy atom. The molecule has 1 saturated carbocycles. The molecule has 2 aromatic rings. The quantitative estimate of drug-likeness (QED) is 0.662. The van der Waals surface area contributed by atoms with Crippen molar-refractivity contribution in [1.29, 1.82) is 0 Å². The molecule has 1 aliphatic heterocycles. The largest absolute Gasteiger partial charge is 0.391 e. The number of aliphatic hydroxyl groups excluding tert-OH is 1. The van der Waals surface area contributed by atoms with Crippen LogP contribution in [-0.4, -0.2) is 28.9 Å². The van der Waals surface area contributed by atoms with Crippen molar-refractivity contribution in [2.24, 2.45) is 11.0 Å². The molecule has 0 spiro atoms. The first-order chi connectivity index (χ1) is 14.8. The number of nitrogens with one attached hydrogen (secondary N) is 1. The van der Waals surface area contributed by atoms with Crippen molar-refractivity contribution < 1.29 is 14.3 Å². The summed E-state index contributed by atoms with van der Waals surface area (Å²) in [6.07, 6.45) is 2.79. The summed E-state index contributed by atoms with van der Waals surface area (Å²) in [5.41, 5.74) is 1.76. The Morgan fingerprint density at radius 2 is 1.87 bits per heavy atom. The van der Waals surface area contributed by atoms with Crippen molar-refractivity contribution in [2.45, 2.75) is 50.8 Å². The maximum atomic E-state index is 13.5. The van der Waals surface area contributed by atoms with Gasteiger partial charge in [-0.05, 0) is 48.7 Å². The van der Waals surface area contributed by atoms with Crippen LogP contribution < -0.4 is 10.3 Å². The van der Waals surface area contributed by atoms with Crippen LogP contribution in [0.5, 0.6) is 0 Å². The maximum absolute atomic E-state index is 13.5. The number of aliphatic hydroxyl groups is 1. The van der Waals surface area contributed by atoms with E-state index in [4.69, 9.17) is 23.2 Å². The first kappa shape index (κ1) is 22.1. The highest BCUT2D eigenvalue weighted by Crippen LogP contribution is 2.42. The third-order valence-corrected chi connectivity index (χ3v) is 6.57. The lowest BCUT2D eigenvalue weighted by Gasteiger charge is -2.29. The average molecular weight is 464 g/mol. The molecule has 4 rings (SSSR count). The Labute approximate surface area is 190 Å². The number of halogens is 3. The fourth-order valence-corrected chi connectivity index (χ4v) is 4.86. The summed E-state index contributed by atoms with van der Waals surface area (Å²) in [6.45, 7) is 1.91. The fourth-order valence-electron chi connectivity index (χ4n) is 4.37. The molecule has 0 unspecified atom stereocenters. The number of nitrogens with zero attached hydrogens (tertiary/aromatic N) is 2. The van der Waals surface area contributed by atoms with Crippen LogP contribution in [0.4, 0.5) is 10.1 Å². The van der Waals surface area contributed by atoms with E-state index in [1.807, 2.05) is 6.92 Å². The lowest BCUT2D eigenvalue weighted by molar-refractivity contribution is -0.116. The second-order valence-electron chi connectivity index (χ2n) is 8.14. The van der Waals surface area contributed by atoms with Gasteiger partial charge < -0.3 is 10.4 Å². The molecular weight excluding hydrogens is 440 g/mol. The summed E-state index contributed by atoms with van der Waals surface area (Å²) >= 11 is 12.5. The molecule has 5 nitrogen and oxygen atoms in total. The normalized spacial score (nSPS) is 26.0. The molecule has 1 amide bonds. The number of carbonyl (C=O) groups is 1. The summed E-state index contributed by atoms with van der Waals surface area (Å²) in [5, 5.41) is 20.4. The highest BCUT2D eigenvalue weighted by Gasteiger charge is 2.41. The van der Waals surface area contributed by atoms with Crippen molar-refractivity contribution in [2.75, 3.05) is 5.01 Å². The van der Waals surface area contributed by atoms with Gasteiger partial charge in [0.15, 0.2) is 0 Å². The lowest BCUT2D eigenvalue weighted by Crippen LogP contribution is -2.48. The van der Waals surface area contributed by atoms with Gasteiger partial charge in [-0.2, -0.15) is 5.10 Å². The van der Waals surface area contributed by atoms with Gasteiger partial charge in [0.05, 0.1) is 28.9 Å². The zero-order valence-corrected chi connectivity index (χ0v) is 18.6. The summed E-state index contributed by atoms with van der Waals surface area (Å²) in [6, 6.07) is 10.6. The van der Waals surface area contributed by atoms with E-state index in [1.165, 1.54) is 12.1 Å². The number of anilines is 1. The Morgan fingerprint density at radius 3 is 2.55 bits per heavy atom. The molecule has 164 valence electrons. The van der Waals surface area contributed by atoms with Crippen LogP contribution in [0.15, 0.2) is 47.6 Å². The van der Waals surface area contributed by atoms with Crippen LogP contribution >= 0.6 is 23.2 Å². The topological polar surface area (TPSA) is 64.9 Å². The van der Waals surface area contributed by atoms with Gasteiger partial charge in [0, 0.05) is 10.9 Å². The Kier molecular flexibility index (Phi) is 6.51. The molecule has 2 aromatic carbocycles. The van der Waals surface area contributed by atoms with Crippen LogP contribution in [0.1, 0.15) is 44.2 Å². The smallest absolute Gasteiger partial charge is 0.268 e. The Hall–Kier alpha value is -2.15. The predicted molar refractivity (Wildman–Crippen MR) is 121 cm³/mol. The van der Waals surface area contributed by atoms with Gasteiger partial charge in [-0.3, -0.25) is 9.80 Å². The number of benzene rings is 2. The maximum Gasteiger partial charge on any atom is 0.268 e. The number of carbonyl (C=O) groups excluding carboxylic acids is 1. The molecule has 2 N–H and O–H groups in total. The number of hydrazone groups is 1. The summed E-state index contributed by atoms with van der Waals surface area (Å²) < 4.78 is 13.5. The van der Waals surface area contributed by atoms with Crippen LogP contribution in [0.3, 0.4) is 0 Å². The van der Waals surface area contributed by atoms with Crippen molar-refractivity contribution in [3.63, 3.8) is 0 Å².